The molecule has 0 radical (unpaired) electrons. The van der Waals surface area contributed by atoms with Crippen molar-refractivity contribution in [2.24, 2.45) is 5.92 Å². The normalized spacial score (nSPS) is 26.5. The second-order valence-electron chi connectivity index (χ2n) is 4.43. The molecule has 86 valence electrons. The summed E-state index contributed by atoms with van der Waals surface area (Å²) in [7, 11) is 0. The van der Waals surface area contributed by atoms with E-state index in [1.165, 1.54) is 32.1 Å². The van der Waals surface area contributed by atoms with Crippen molar-refractivity contribution in [1.29, 1.82) is 5.26 Å². The highest BCUT2D eigenvalue weighted by molar-refractivity contribution is 4.85. The molecule has 0 atom stereocenters. The molecule has 1 fully saturated rings. The number of aliphatic hydroxyl groups is 1. The zero-order valence-corrected chi connectivity index (χ0v) is 9.65. The van der Waals surface area contributed by atoms with Crippen LogP contribution in [0.15, 0.2) is 0 Å². The van der Waals surface area contributed by atoms with E-state index in [1.807, 2.05) is 0 Å². The molecule has 1 rings (SSSR count). The standard InChI is InChI=1S/C12H22N2O/c1-2-11-3-5-12(6-4-11)14(8-7-13)9-10-15/h11-12,15H,2-6,8-10H2,1H3. The van der Waals surface area contributed by atoms with Crippen LogP contribution in [0.4, 0.5) is 0 Å². The van der Waals surface area contributed by atoms with Gasteiger partial charge in [0.2, 0.25) is 0 Å². The Balaban J connectivity index is 2.38. The fourth-order valence-corrected chi connectivity index (χ4v) is 2.53. The van der Waals surface area contributed by atoms with Crippen molar-refractivity contribution in [2.75, 3.05) is 19.7 Å². The van der Waals surface area contributed by atoms with Crippen molar-refractivity contribution in [3.8, 4) is 6.07 Å². The molecule has 3 heteroatoms. The molecule has 0 aliphatic heterocycles. The number of nitriles is 1. The van der Waals surface area contributed by atoms with Crippen molar-refractivity contribution in [3.05, 3.63) is 0 Å². The second-order valence-corrected chi connectivity index (χ2v) is 4.43. The monoisotopic (exact) mass is 210 g/mol. The van der Waals surface area contributed by atoms with Gasteiger partial charge in [0.15, 0.2) is 0 Å². The topological polar surface area (TPSA) is 47.3 Å². The fourth-order valence-electron chi connectivity index (χ4n) is 2.53. The predicted octanol–water partition coefficient (Wildman–Crippen LogP) is 1.77. The lowest BCUT2D eigenvalue weighted by Crippen LogP contribution is -2.40. The van der Waals surface area contributed by atoms with Crippen molar-refractivity contribution in [2.45, 2.75) is 45.1 Å². The molecule has 0 saturated heterocycles. The van der Waals surface area contributed by atoms with Crippen LogP contribution >= 0.6 is 0 Å². The summed E-state index contributed by atoms with van der Waals surface area (Å²) in [4.78, 5) is 2.13. The highest BCUT2D eigenvalue weighted by Gasteiger charge is 2.24. The Morgan fingerprint density at radius 1 is 1.33 bits per heavy atom. The molecule has 0 bridgehead atoms. The van der Waals surface area contributed by atoms with Crippen molar-refractivity contribution in [1.82, 2.24) is 4.90 Å². The Morgan fingerprint density at radius 2 is 2.00 bits per heavy atom. The first-order valence-electron chi connectivity index (χ1n) is 6.03. The van der Waals surface area contributed by atoms with Gasteiger partial charge >= 0.3 is 0 Å². The first-order chi connectivity index (χ1) is 7.31. The third-order valence-corrected chi connectivity index (χ3v) is 3.57. The molecule has 1 aliphatic rings. The van der Waals surface area contributed by atoms with E-state index in [1.54, 1.807) is 0 Å². The Bertz CT molecular complexity index is 204. The molecule has 0 amide bonds. The summed E-state index contributed by atoms with van der Waals surface area (Å²) in [5.74, 6) is 0.888. The number of hydrogen-bond acceptors (Lipinski definition) is 3. The zero-order valence-electron chi connectivity index (χ0n) is 9.65. The molecule has 1 saturated carbocycles. The van der Waals surface area contributed by atoms with Gasteiger partial charge in [-0.3, -0.25) is 4.90 Å². The smallest absolute Gasteiger partial charge is 0.0869 e. The van der Waals surface area contributed by atoms with Gasteiger partial charge in [-0.1, -0.05) is 13.3 Å². The minimum atomic E-state index is 0.162. The van der Waals surface area contributed by atoms with Crippen molar-refractivity contribution < 1.29 is 5.11 Å². The highest BCUT2D eigenvalue weighted by atomic mass is 16.3. The maximum Gasteiger partial charge on any atom is 0.0869 e. The molecule has 15 heavy (non-hydrogen) atoms. The molecule has 1 aliphatic carbocycles. The lowest BCUT2D eigenvalue weighted by molar-refractivity contribution is 0.123. The van der Waals surface area contributed by atoms with Gasteiger partial charge in [0.05, 0.1) is 19.2 Å². The Labute approximate surface area is 92.7 Å². The van der Waals surface area contributed by atoms with E-state index in [0.29, 0.717) is 19.1 Å². The molecule has 3 nitrogen and oxygen atoms in total. The van der Waals surface area contributed by atoms with Gasteiger partial charge in [-0.2, -0.15) is 5.26 Å². The summed E-state index contributed by atoms with van der Waals surface area (Å²) in [6, 6.07) is 2.72. The summed E-state index contributed by atoms with van der Waals surface area (Å²) in [6.45, 7) is 3.53. The minimum Gasteiger partial charge on any atom is -0.395 e. The first-order valence-corrected chi connectivity index (χ1v) is 6.03. The maximum atomic E-state index is 8.94. The number of hydrogen-bond donors (Lipinski definition) is 1. The lowest BCUT2D eigenvalue weighted by Gasteiger charge is -2.35. The zero-order chi connectivity index (χ0) is 11.1. The van der Waals surface area contributed by atoms with Gasteiger partial charge < -0.3 is 5.11 Å². The summed E-state index contributed by atoms with van der Waals surface area (Å²) in [5, 5.41) is 17.7. The van der Waals surface area contributed by atoms with Crippen LogP contribution < -0.4 is 0 Å². The van der Waals surface area contributed by atoms with Crippen LogP contribution in [-0.4, -0.2) is 35.7 Å². The second kappa shape index (κ2) is 6.81. The van der Waals surface area contributed by atoms with Gasteiger partial charge in [-0.25, -0.2) is 0 Å². The largest absolute Gasteiger partial charge is 0.395 e. The Kier molecular flexibility index (Phi) is 5.67. The van der Waals surface area contributed by atoms with Crippen LogP contribution in [0.25, 0.3) is 0 Å². The third kappa shape index (κ3) is 3.81. The summed E-state index contributed by atoms with van der Waals surface area (Å²) in [6.07, 6.45) is 6.24. The van der Waals surface area contributed by atoms with E-state index < -0.39 is 0 Å². The average Bonchev–Trinajstić information content (AvgIpc) is 2.29. The van der Waals surface area contributed by atoms with Crippen LogP contribution in [0.5, 0.6) is 0 Å². The van der Waals surface area contributed by atoms with Gasteiger partial charge in [-0.05, 0) is 31.6 Å². The van der Waals surface area contributed by atoms with Gasteiger partial charge in [0.1, 0.15) is 0 Å². The summed E-state index contributed by atoms with van der Waals surface area (Å²) in [5.41, 5.74) is 0. The molecular weight excluding hydrogens is 188 g/mol. The molecular formula is C12H22N2O. The first kappa shape index (κ1) is 12.5. The number of nitrogens with zero attached hydrogens (tertiary/aromatic N) is 2. The van der Waals surface area contributed by atoms with E-state index in [2.05, 4.69) is 17.9 Å². The molecule has 0 aromatic rings. The molecule has 0 aromatic carbocycles. The summed E-state index contributed by atoms with van der Waals surface area (Å²) >= 11 is 0. The van der Waals surface area contributed by atoms with Crippen LogP contribution in [-0.2, 0) is 0 Å². The Morgan fingerprint density at radius 3 is 2.47 bits per heavy atom. The predicted molar refractivity (Wildman–Crippen MR) is 60.3 cm³/mol. The average molecular weight is 210 g/mol. The third-order valence-electron chi connectivity index (χ3n) is 3.57. The Hall–Kier alpha value is -0.590. The van der Waals surface area contributed by atoms with E-state index in [-0.39, 0.29) is 6.61 Å². The lowest BCUT2D eigenvalue weighted by atomic mass is 9.84. The van der Waals surface area contributed by atoms with Crippen LogP contribution in [0.3, 0.4) is 0 Å². The minimum absolute atomic E-state index is 0.162. The van der Waals surface area contributed by atoms with Crippen LogP contribution in [0, 0.1) is 17.2 Å². The maximum absolute atomic E-state index is 8.94. The van der Waals surface area contributed by atoms with E-state index >= 15 is 0 Å². The van der Waals surface area contributed by atoms with E-state index in [9.17, 15) is 0 Å². The quantitative estimate of drug-likeness (QED) is 0.703. The number of rotatable bonds is 5. The highest BCUT2D eigenvalue weighted by Crippen LogP contribution is 2.29. The van der Waals surface area contributed by atoms with Crippen LogP contribution in [0.2, 0.25) is 0 Å². The SMILES string of the molecule is CCC1CCC(N(CC#N)CCO)CC1. The van der Waals surface area contributed by atoms with Gasteiger partial charge in [0.25, 0.3) is 0 Å². The number of aliphatic hydroxyl groups excluding tert-OH is 1. The molecule has 0 heterocycles. The van der Waals surface area contributed by atoms with Gasteiger partial charge in [0, 0.05) is 12.6 Å². The van der Waals surface area contributed by atoms with Gasteiger partial charge in [-0.15, -0.1) is 0 Å². The molecule has 1 N–H and O–H groups in total. The molecule has 0 unspecified atom stereocenters. The molecule has 0 aromatic heterocycles. The van der Waals surface area contributed by atoms with Crippen molar-refractivity contribution >= 4 is 0 Å². The van der Waals surface area contributed by atoms with E-state index in [0.717, 1.165) is 5.92 Å². The molecule has 0 spiro atoms. The summed E-state index contributed by atoms with van der Waals surface area (Å²) < 4.78 is 0. The van der Waals surface area contributed by atoms with Crippen LogP contribution in [0.1, 0.15) is 39.0 Å². The van der Waals surface area contributed by atoms with Crippen molar-refractivity contribution in [3.63, 3.8) is 0 Å². The van der Waals surface area contributed by atoms with E-state index in [4.69, 9.17) is 10.4 Å². The fraction of sp³-hybridized carbons (Fsp3) is 0.917.